The zero-order valence-corrected chi connectivity index (χ0v) is 36.3. The van der Waals surface area contributed by atoms with Gasteiger partial charge >= 0.3 is 0 Å². The van der Waals surface area contributed by atoms with E-state index in [2.05, 4.69) is 226 Å². The van der Waals surface area contributed by atoms with Gasteiger partial charge in [-0.25, -0.2) is 0 Å². The number of anilines is 6. The molecule has 0 radical (unpaired) electrons. The van der Waals surface area contributed by atoms with Crippen molar-refractivity contribution in [3.8, 4) is 33.4 Å². The average Bonchev–Trinajstić information content (AvgIpc) is 3.91. The van der Waals surface area contributed by atoms with Crippen LogP contribution in [0.5, 0.6) is 0 Å². The number of hydrogen-bond donors (Lipinski definition) is 0. The Bertz CT molecular complexity index is 3650. The van der Waals surface area contributed by atoms with Gasteiger partial charge in [-0.15, -0.1) is 0 Å². The van der Waals surface area contributed by atoms with E-state index in [9.17, 15) is 0 Å². The van der Waals surface area contributed by atoms with Crippen LogP contribution in [0.15, 0.2) is 192 Å². The lowest BCUT2D eigenvalue weighted by Crippen LogP contribution is -2.61. The van der Waals surface area contributed by atoms with Crippen LogP contribution in [0, 0.1) is 0 Å². The molecule has 3 heterocycles. The van der Waals surface area contributed by atoms with Gasteiger partial charge in [-0.05, 0) is 121 Å². The second-order valence-corrected chi connectivity index (χ2v) is 19.2. The van der Waals surface area contributed by atoms with Gasteiger partial charge in [-0.2, -0.15) is 0 Å². The molecule has 4 aliphatic rings. The summed E-state index contributed by atoms with van der Waals surface area (Å²) in [5, 5.41) is 2.28. The van der Waals surface area contributed by atoms with Crippen LogP contribution in [0.4, 0.5) is 34.1 Å². The van der Waals surface area contributed by atoms with Crippen molar-refractivity contribution in [3.05, 3.63) is 210 Å². The maximum absolute atomic E-state index is 7.08. The molecule has 0 unspecified atom stereocenters. The Labute approximate surface area is 373 Å². The zero-order chi connectivity index (χ0) is 42.6. The van der Waals surface area contributed by atoms with E-state index in [1.165, 1.54) is 94.8 Å². The fraction of sp³-hybridized carbons (Fsp3) is 0.100. The molecule has 10 aromatic rings. The number of benzene rings is 9. The molecule has 0 spiro atoms. The van der Waals surface area contributed by atoms with Crippen LogP contribution in [0.25, 0.3) is 55.3 Å². The first-order chi connectivity index (χ1) is 31.3. The Morgan fingerprint density at radius 1 is 0.422 bits per heavy atom. The summed E-state index contributed by atoms with van der Waals surface area (Å²) in [6.07, 6.45) is 0. The first-order valence-corrected chi connectivity index (χ1v) is 22.6. The van der Waals surface area contributed by atoms with Crippen LogP contribution in [-0.4, -0.2) is 6.71 Å². The highest BCUT2D eigenvalue weighted by Crippen LogP contribution is 2.59. The van der Waals surface area contributed by atoms with Gasteiger partial charge in [0.05, 0.1) is 5.69 Å². The minimum Gasteiger partial charge on any atom is -0.454 e. The monoisotopic (exact) mass is 818 g/mol. The molecule has 0 fully saturated rings. The van der Waals surface area contributed by atoms with E-state index in [1.54, 1.807) is 0 Å². The van der Waals surface area contributed by atoms with Gasteiger partial charge < -0.3 is 14.2 Å². The lowest BCUT2D eigenvalue weighted by Gasteiger charge is -2.44. The van der Waals surface area contributed by atoms with Gasteiger partial charge in [0.2, 0.25) is 0 Å². The van der Waals surface area contributed by atoms with Gasteiger partial charge in [0, 0.05) is 50.0 Å². The molecule has 0 atom stereocenters. The predicted octanol–water partition coefficient (Wildman–Crippen LogP) is 13.9. The number of hydrogen-bond acceptors (Lipinski definition) is 3. The Kier molecular flexibility index (Phi) is 7.05. The summed E-state index contributed by atoms with van der Waals surface area (Å²) in [5.74, 6) is 0. The summed E-state index contributed by atoms with van der Waals surface area (Å²) in [7, 11) is 0. The maximum Gasteiger partial charge on any atom is 0.252 e. The highest BCUT2D eigenvalue weighted by molar-refractivity contribution is 7.00. The molecule has 0 N–H and O–H groups in total. The number of para-hydroxylation sites is 3. The van der Waals surface area contributed by atoms with Gasteiger partial charge in [-0.3, -0.25) is 0 Å². The lowest BCUT2D eigenvalue weighted by molar-refractivity contribution is 0.648. The molecule has 2 aliphatic carbocycles. The molecule has 2 aliphatic heterocycles. The molecule has 4 heteroatoms. The zero-order valence-electron chi connectivity index (χ0n) is 36.3. The first-order valence-electron chi connectivity index (χ1n) is 22.6. The molecule has 64 heavy (non-hydrogen) atoms. The van der Waals surface area contributed by atoms with Gasteiger partial charge in [-0.1, -0.05) is 167 Å². The largest absolute Gasteiger partial charge is 0.454 e. The highest BCUT2D eigenvalue weighted by atomic mass is 16.3. The van der Waals surface area contributed by atoms with Crippen molar-refractivity contribution >= 4 is 79.2 Å². The molecule has 1 aromatic heterocycles. The predicted molar refractivity (Wildman–Crippen MR) is 268 cm³/mol. The molecule has 0 bridgehead atoms. The Morgan fingerprint density at radius 3 is 1.69 bits per heavy atom. The van der Waals surface area contributed by atoms with Crippen LogP contribution >= 0.6 is 0 Å². The molecular weight excluding hydrogens is 775 g/mol. The van der Waals surface area contributed by atoms with Crippen LogP contribution in [-0.2, 0) is 10.8 Å². The molecule has 0 amide bonds. The third-order valence-electron chi connectivity index (χ3n) is 15.2. The smallest absolute Gasteiger partial charge is 0.252 e. The van der Waals surface area contributed by atoms with E-state index >= 15 is 0 Å². The summed E-state index contributed by atoms with van der Waals surface area (Å²) < 4.78 is 7.08. The Morgan fingerprint density at radius 2 is 0.953 bits per heavy atom. The van der Waals surface area contributed by atoms with Crippen LogP contribution in [0.3, 0.4) is 0 Å². The quantitative estimate of drug-likeness (QED) is 0.166. The normalized spacial score (nSPS) is 15.3. The summed E-state index contributed by atoms with van der Waals surface area (Å²) in [4.78, 5) is 5.06. The summed E-state index contributed by atoms with van der Waals surface area (Å²) in [6, 6.07) is 70.0. The van der Waals surface area contributed by atoms with E-state index < -0.39 is 0 Å². The minimum absolute atomic E-state index is 0.0364. The van der Waals surface area contributed by atoms with Crippen molar-refractivity contribution < 1.29 is 4.42 Å². The van der Waals surface area contributed by atoms with E-state index in [4.69, 9.17) is 4.42 Å². The third kappa shape index (κ3) is 4.52. The topological polar surface area (TPSA) is 19.6 Å². The lowest BCUT2D eigenvalue weighted by atomic mass is 9.33. The van der Waals surface area contributed by atoms with Crippen molar-refractivity contribution in [2.45, 2.75) is 38.5 Å². The average molecular weight is 819 g/mol. The summed E-state index contributed by atoms with van der Waals surface area (Å²) in [6.45, 7) is 9.56. The molecule has 3 nitrogen and oxygen atoms in total. The van der Waals surface area contributed by atoms with Crippen LogP contribution < -0.4 is 26.2 Å². The fourth-order valence-electron chi connectivity index (χ4n) is 12.5. The van der Waals surface area contributed by atoms with Crippen LogP contribution in [0.1, 0.15) is 49.9 Å². The molecule has 9 aromatic carbocycles. The van der Waals surface area contributed by atoms with Crippen molar-refractivity contribution in [2.24, 2.45) is 0 Å². The first kappa shape index (κ1) is 36.0. The standard InChI is InChI=1S/C60H43BN2O/c1-59(2)45-22-8-5-17-39(45)42-21-15-20-38(54(42)59)36-31-33-37(34-32-36)62-49-26-12-10-24-47(49)61-48-25-11-13-27-50(48)63(52-29-16-28-51(62)56(52)61)57-55-43(40-18-6-9-23-46(40)60(55,3)4)35-44-41-19-7-14-30-53(41)64-58(44)57/h5-35H,1-4H3. The number of rotatable bonds is 3. The minimum atomic E-state index is -0.285. The van der Waals surface area contributed by atoms with Gasteiger partial charge in [0.25, 0.3) is 6.71 Å². The van der Waals surface area contributed by atoms with Gasteiger partial charge in [0.15, 0.2) is 5.58 Å². The maximum atomic E-state index is 7.08. The summed E-state index contributed by atoms with van der Waals surface area (Å²) >= 11 is 0. The van der Waals surface area contributed by atoms with E-state index in [0.717, 1.165) is 33.3 Å². The van der Waals surface area contributed by atoms with E-state index in [1.807, 2.05) is 0 Å². The molecule has 0 saturated carbocycles. The van der Waals surface area contributed by atoms with E-state index in [-0.39, 0.29) is 17.5 Å². The number of nitrogens with zero attached hydrogens (tertiary/aromatic N) is 2. The Hall–Kier alpha value is -7.56. The molecular formula is C60H43BN2O. The highest BCUT2D eigenvalue weighted by Gasteiger charge is 2.47. The van der Waals surface area contributed by atoms with Crippen LogP contribution in [0.2, 0.25) is 0 Å². The Balaban J connectivity index is 0.997. The number of fused-ring (bicyclic) bond motifs is 13. The van der Waals surface area contributed by atoms with Crippen molar-refractivity contribution in [1.29, 1.82) is 0 Å². The van der Waals surface area contributed by atoms with Crippen molar-refractivity contribution in [3.63, 3.8) is 0 Å². The molecule has 14 rings (SSSR count). The molecule has 0 saturated heterocycles. The van der Waals surface area contributed by atoms with Gasteiger partial charge in [0.1, 0.15) is 5.58 Å². The van der Waals surface area contributed by atoms with Crippen molar-refractivity contribution in [1.82, 2.24) is 0 Å². The third-order valence-corrected chi connectivity index (χ3v) is 15.2. The second kappa shape index (κ2) is 12.5. The van der Waals surface area contributed by atoms with E-state index in [0.29, 0.717) is 0 Å². The fourth-order valence-corrected chi connectivity index (χ4v) is 12.5. The van der Waals surface area contributed by atoms with Crippen molar-refractivity contribution in [2.75, 3.05) is 9.80 Å². The second-order valence-electron chi connectivity index (χ2n) is 19.2. The SMILES string of the molecule is CC1(C)c2ccccc2-c2cccc(-c3ccc(N4c5ccccc5B5c6ccccc6N(c6c7c(cc8c6oc6ccccc68)-c6ccccc6C7(C)C)c6cccc4c65)cc3)c21. The molecule has 302 valence electrons. The number of furan rings is 1. The summed E-state index contributed by atoms with van der Waals surface area (Å²) in [5.41, 5.74) is 25.6.